The highest BCUT2D eigenvalue weighted by Crippen LogP contribution is 2.48. The first kappa shape index (κ1) is 36.0. The van der Waals surface area contributed by atoms with Gasteiger partial charge in [0.1, 0.15) is 11.8 Å². The Morgan fingerprint density at radius 1 is 0.615 bits per heavy atom. The fourth-order valence-electron chi connectivity index (χ4n) is 8.63. The molecule has 0 saturated heterocycles. The zero-order valence-corrected chi connectivity index (χ0v) is 33.2. The summed E-state index contributed by atoms with van der Waals surface area (Å²) in [4.78, 5) is 13.5. The van der Waals surface area contributed by atoms with Gasteiger partial charge >= 0.3 is 0 Å². The van der Waals surface area contributed by atoms with Crippen LogP contribution in [0.4, 0.5) is 5.82 Å². The zero-order chi connectivity index (χ0) is 36.6. The highest BCUT2D eigenvalue weighted by atomic mass is 28.4. The van der Waals surface area contributed by atoms with E-state index >= 15 is 0 Å². The number of benzene rings is 4. The quantitative estimate of drug-likeness (QED) is 0.149. The predicted octanol–water partition coefficient (Wildman–Crippen LogP) is 6.74. The SMILES string of the molecule is CC(C)(C)[Si](OC[C@H]1C[C@@H](n2cnc3c(N)ncnc32)[C@@H]1CO[Si](c1ccccc1)(c1ccccc1)C(C)(C)C)(c1ccccc1)c1ccccc1. The lowest BCUT2D eigenvalue weighted by Crippen LogP contribution is -2.68. The lowest BCUT2D eigenvalue weighted by atomic mass is 9.70. The van der Waals surface area contributed by atoms with Crippen molar-refractivity contribution in [2.75, 3.05) is 18.9 Å². The van der Waals surface area contributed by atoms with E-state index in [1.165, 1.54) is 27.1 Å². The second-order valence-electron chi connectivity index (χ2n) is 16.3. The molecule has 1 fully saturated rings. The summed E-state index contributed by atoms with van der Waals surface area (Å²) in [5.41, 5.74) is 7.67. The zero-order valence-electron chi connectivity index (χ0n) is 31.2. The van der Waals surface area contributed by atoms with E-state index in [0.29, 0.717) is 24.5 Å². The number of hydrogen-bond acceptors (Lipinski definition) is 6. The Balaban J connectivity index is 1.29. The molecule has 1 aliphatic rings. The van der Waals surface area contributed by atoms with Crippen molar-refractivity contribution in [1.82, 2.24) is 19.5 Å². The Labute approximate surface area is 310 Å². The number of rotatable bonds is 11. The number of nitrogens with two attached hydrogens (primary N) is 1. The van der Waals surface area contributed by atoms with Gasteiger partial charge in [0.15, 0.2) is 11.5 Å². The molecule has 1 aliphatic carbocycles. The average molecular weight is 726 g/mol. The minimum absolute atomic E-state index is 0.116. The van der Waals surface area contributed by atoms with Gasteiger partial charge in [-0.25, -0.2) is 15.0 Å². The van der Waals surface area contributed by atoms with Crippen molar-refractivity contribution in [3.63, 3.8) is 0 Å². The summed E-state index contributed by atoms with van der Waals surface area (Å²) in [7, 11) is -5.55. The molecule has 0 amide bonds. The van der Waals surface area contributed by atoms with E-state index < -0.39 is 16.6 Å². The molecule has 0 radical (unpaired) electrons. The van der Waals surface area contributed by atoms with Gasteiger partial charge in [-0.15, -0.1) is 0 Å². The monoisotopic (exact) mass is 725 g/mol. The van der Waals surface area contributed by atoms with Crippen LogP contribution in [0.15, 0.2) is 134 Å². The Morgan fingerprint density at radius 3 is 1.46 bits per heavy atom. The summed E-state index contributed by atoms with van der Waals surface area (Å²) in [6.07, 6.45) is 4.34. The predicted molar refractivity (Wildman–Crippen MR) is 218 cm³/mol. The minimum atomic E-state index is -2.80. The molecule has 9 heteroatoms. The maximum Gasteiger partial charge on any atom is 0.261 e. The molecule has 3 atom stereocenters. The first-order valence-corrected chi connectivity index (χ1v) is 22.2. The van der Waals surface area contributed by atoms with E-state index in [1.54, 1.807) is 0 Å². The van der Waals surface area contributed by atoms with Crippen molar-refractivity contribution >= 4 is 54.4 Å². The minimum Gasteiger partial charge on any atom is -0.407 e. The molecule has 2 aromatic heterocycles. The standard InChI is InChI=1S/C43H51N5O2Si2/c1-42(2,3)51(33-19-11-7-12-20-33,34-21-13-8-14-22-34)49-28-32-27-38(48-31-47-39-40(44)45-30-46-41(39)48)37(32)29-50-52(43(4,5)6,35-23-15-9-16-24-35)36-25-17-10-18-26-36/h7-26,30-32,37-38H,27-29H2,1-6H3,(H2,44,45,46)/t32-,37-,38-/m1/s1. The molecule has 2 N–H and O–H groups in total. The van der Waals surface area contributed by atoms with Crippen LogP contribution < -0.4 is 26.5 Å². The number of fused-ring (bicyclic) bond motifs is 1. The summed E-state index contributed by atoms with van der Waals surface area (Å²) in [6, 6.07) is 43.7. The Morgan fingerprint density at radius 2 is 1.04 bits per heavy atom. The Hall–Kier alpha value is -4.42. The molecule has 1 saturated carbocycles. The molecule has 2 heterocycles. The summed E-state index contributed by atoms with van der Waals surface area (Å²) in [6.45, 7) is 15.2. The number of hydrogen-bond donors (Lipinski definition) is 1. The van der Waals surface area contributed by atoms with E-state index in [2.05, 4.69) is 182 Å². The van der Waals surface area contributed by atoms with Gasteiger partial charge in [0.05, 0.1) is 6.33 Å². The molecule has 6 aromatic rings. The van der Waals surface area contributed by atoms with Crippen molar-refractivity contribution in [1.29, 1.82) is 0 Å². The van der Waals surface area contributed by atoms with E-state index in [-0.39, 0.29) is 28.0 Å². The molecular formula is C43H51N5O2Si2. The van der Waals surface area contributed by atoms with E-state index in [4.69, 9.17) is 14.6 Å². The second-order valence-corrected chi connectivity index (χ2v) is 24.9. The van der Waals surface area contributed by atoms with Crippen LogP contribution in [0.3, 0.4) is 0 Å². The molecule has 0 bridgehead atoms. The van der Waals surface area contributed by atoms with Crippen molar-refractivity contribution in [2.24, 2.45) is 11.8 Å². The van der Waals surface area contributed by atoms with Gasteiger partial charge in [-0.2, -0.15) is 0 Å². The molecule has 0 spiro atoms. The Kier molecular flexibility index (Phi) is 9.82. The van der Waals surface area contributed by atoms with Crippen LogP contribution in [-0.2, 0) is 8.85 Å². The van der Waals surface area contributed by atoms with E-state index in [9.17, 15) is 0 Å². The maximum absolute atomic E-state index is 7.64. The highest BCUT2D eigenvalue weighted by molar-refractivity contribution is 7.00. The van der Waals surface area contributed by atoms with Crippen LogP contribution in [0.5, 0.6) is 0 Å². The van der Waals surface area contributed by atoms with Crippen LogP contribution in [0.25, 0.3) is 11.2 Å². The number of imidazole rings is 1. The molecule has 7 nitrogen and oxygen atoms in total. The third-order valence-electron chi connectivity index (χ3n) is 11.2. The van der Waals surface area contributed by atoms with Crippen molar-refractivity contribution in [3.05, 3.63) is 134 Å². The van der Waals surface area contributed by atoms with Gasteiger partial charge in [0, 0.05) is 25.2 Å². The third-order valence-corrected chi connectivity index (χ3v) is 21.2. The van der Waals surface area contributed by atoms with Crippen LogP contribution in [0.2, 0.25) is 10.1 Å². The fourth-order valence-corrected chi connectivity index (χ4v) is 17.8. The number of aromatic nitrogens is 4. The fraction of sp³-hybridized carbons (Fsp3) is 0.326. The molecular weight excluding hydrogens is 675 g/mol. The van der Waals surface area contributed by atoms with Crippen molar-refractivity contribution in [2.45, 2.75) is 64.1 Å². The summed E-state index contributed by atoms with van der Waals surface area (Å²) < 4.78 is 17.4. The summed E-state index contributed by atoms with van der Waals surface area (Å²) in [5, 5.41) is 4.88. The number of nitrogens with zero attached hydrogens (tertiary/aromatic N) is 4. The molecule has 4 aromatic carbocycles. The molecule has 7 rings (SSSR count). The lowest BCUT2D eigenvalue weighted by Gasteiger charge is -2.51. The number of anilines is 1. The first-order chi connectivity index (χ1) is 25.0. The molecule has 52 heavy (non-hydrogen) atoms. The molecule has 268 valence electrons. The van der Waals surface area contributed by atoms with Crippen molar-refractivity contribution < 1.29 is 8.85 Å². The summed E-state index contributed by atoms with van der Waals surface area (Å²) >= 11 is 0. The third kappa shape index (κ3) is 6.23. The number of nitrogen functional groups attached to an aromatic ring is 1. The maximum atomic E-state index is 7.64. The average Bonchev–Trinajstić information content (AvgIpc) is 3.56. The largest absolute Gasteiger partial charge is 0.407 e. The summed E-state index contributed by atoms with van der Waals surface area (Å²) in [5.74, 6) is 0.796. The van der Waals surface area contributed by atoms with Crippen molar-refractivity contribution in [3.8, 4) is 0 Å². The van der Waals surface area contributed by atoms with Gasteiger partial charge in [-0.1, -0.05) is 163 Å². The van der Waals surface area contributed by atoms with Gasteiger partial charge in [-0.05, 0) is 43.2 Å². The molecule has 0 unspecified atom stereocenters. The van der Waals surface area contributed by atoms with Gasteiger partial charge in [0.2, 0.25) is 0 Å². The normalized spacial score (nSPS) is 18.3. The highest BCUT2D eigenvalue weighted by Gasteiger charge is 2.54. The van der Waals surface area contributed by atoms with Crippen LogP contribution in [-0.4, -0.2) is 49.4 Å². The smallest absolute Gasteiger partial charge is 0.261 e. The van der Waals surface area contributed by atoms with E-state index in [1.807, 2.05) is 6.33 Å². The second kappa shape index (κ2) is 14.2. The topological polar surface area (TPSA) is 88.1 Å². The molecule has 0 aliphatic heterocycles. The van der Waals surface area contributed by atoms with Gasteiger partial charge in [-0.3, -0.25) is 0 Å². The first-order valence-electron chi connectivity index (χ1n) is 18.4. The van der Waals surface area contributed by atoms with Crippen LogP contribution in [0.1, 0.15) is 54.0 Å². The Bertz CT molecular complexity index is 2000. The lowest BCUT2D eigenvalue weighted by molar-refractivity contribution is 0.00314. The van der Waals surface area contributed by atoms with E-state index in [0.717, 1.165) is 12.1 Å². The van der Waals surface area contributed by atoms with Crippen LogP contribution in [0, 0.1) is 11.8 Å². The van der Waals surface area contributed by atoms with Gasteiger partial charge in [0.25, 0.3) is 16.6 Å². The van der Waals surface area contributed by atoms with Crippen LogP contribution >= 0.6 is 0 Å². The van der Waals surface area contributed by atoms with Gasteiger partial charge < -0.3 is 19.2 Å².